The van der Waals surface area contributed by atoms with Crippen LogP contribution in [0.3, 0.4) is 0 Å². The van der Waals surface area contributed by atoms with Gasteiger partial charge in [-0.05, 0) is 58.2 Å². The first-order valence-corrected chi connectivity index (χ1v) is 14.5. The number of fused-ring (bicyclic) bond motifs is 1. The Morgan fingerprint density at radius 3 is 1.93 bits per heavy atom. The number of benzene rings is 3. The summed E-state index contributed by atoms with van der Waals surface area (Å²) in [5, 5.41) is 25.5. The number of aliphatic hydroxyl groups excluding tert-OH is 2. The average molecular weight is 563 g/mol. The van der Waals surface area contributed by atoms with Gasteiger partial charge in [0.25, 0.3) is 0 Å². The van der Waals surface area contributed by atoms with Crippen molar-refractivity contribution in [1.82, 2.24) is 0 Å². The first kappa shape index (κ1) is 28.8. The third-order valence-corrected chi connectivity index (χ3v) is 9.00. The van der Waals surface area contributed by atoms with E-state index in [2.05, 4.69) is 0 Å². The van der Waals surface area contributed by atoms with Crippen LogP contribution < -0.4 is 4.74 Å². The number of carbonyl (C=O) groups is 2. The zero-order chi connectivity index (χ0) is 28.8. The van der Waals surface area contributed by atoms with E-state index in [9.17, 15) is 19.8 Å². The number of aliphatic hydroxyl groups is 2. The molecular weight excluding hydrogens is 524 g/mol. The molecular formula is C34H39ClO5. The summed E-state index contributed by atoms with van der Waals surface area (Å²) in [5.74, 6) is -2.00. The molecule has 0 radical (unpaired) electrons. The SMILES string of the molecule is CC1(C)CC(=O)[C@@H](C(c2c(OCc3ccc(Cl)cc3)ccc3ccccc23)[C@H]2C(=O)CC(C)(C)C[C@@H]2O)[C@H](O)C1. The van der Waals surface area contributed by atoms with Gasteiger partial charge >= 0.3 is 0 Å². The Kier molecular flexibility index (Phi) is 7.86. The molecule has 0 aliphatic heterocycles. The zero-order valence-corrected chi connectivity index (χ0v) is 24.4. The number of ether oxygens (including phenoxy) is 1. The van der Waals surface area contributed by atoms with Crippen molar-refractivity contribution in [3.05, 3.63) is 76.8 Å². The number of ketones is 2. The molecule has 3 aromatic rings. The first-order valence-electron chi connectivity index (χ1n) is 14.2. The Bertz CT molecular complexity index is 1370. The summed E-state index contributed by atoms with van der Waals surface area (Å²) in [6.07, 6.45) is -0.403. The van der Waals surface area contributed by atoms with Crippen LogP contribution in [0.2, 0.25) is 5.02 Å². The Hall–Kier alpha value is -2.73. The number of Topliss-reactive ketones (excluding diaryl/α,β-unsaturated/α-hetero) is 2. The third-order valence-electron chi connectivity index (χ3n) is 8.75. The molecule has 0 spiro atoms. The van der Waals surface area contributed by atoms with Crippen LogP contribution in [0.15, 0.2) is 60.7 Å². The highest BCUT2D eigenvalue weighted by atomic mass is 35.5. The lowest BCUT2D eigenvalue weighted by molar-refractivity contribution is -0.144. The Balaban J connectivity index is 1.68. The molecule has 0 heterocycles. The molecule has 2 N–H and O–H groups in total. The Morgan fingerprint density at radius 2 is 1.38 bits per heavy atom. The highest BCUT2D eigenvalue weighted by molar-refractivity contribution is 6.30. The van der Waals surface area contributed by atoms with Gasteiger partial charge in [-0.3, -0.25) is 9.59 Å². The predicted molar refractivity (Wildman–Crippen MR) is 158 cm³/mol. The van der Waals surface area contributed by atoms with Crippen LogP contribution >= 0.6 is 11.6 Å². The first-order chi connectivity index (χ1) is 18.8. The van der Waals surface area contributed by atoms with E-state index in [1.165, 1.54) is 0 Å². The molecule has 2 aliphatic rings. The minimum Gasteiger partial charge on any atom is -0.489 e. The summed E-state index contributed by atoms with van der Waals surface area (Å²) in [6.45, 7) is 8.21. The predicted octanol–water partition coefficient (Wildman–Crippen LogP) is 6.89. The van der Waals surface area contributed by atoms with Gasteiger partial charge in [0.2, 0.25) is 0 Å². The molecule has 3 aromatic carbocycles. The van der Waals surface area contributed by atoms with Crippen molar-refractivity contribution in [3.8, 4) is 5.75 Å². The normalized spacial score (nSPS) is 27.0. The third kappa shape index (κ3) is 5.83. The van der Waals surface area contributed by atoms with Crippen molar-refractivity contribution in [1.29, 1.82) is 0 Å². The smallest absolute Gasteiger partial charge is 0.139 e. The maximum atomic E-state index is 13.9. The Morgan fingerprint density at radius 1 is 0.825 bits per heavy atom. The number of carbonyl (C=O) groups excluding carboxylic acids is 2. The summed E-state index contributed by atoms with van der Waals surface area (Å²) in [6, 6.07) is 19.1. The zero-order valence-electron chi connectivity index (χ0n) is 23.7. The van der Waals surface area contributed by atoms with E-state index in [1.54, 1.807) is 0 Å². The van der Waals surface area contributed by atoms with Crippen LogP contribution in [0.5, 0.6) is 5.75 Å². The maximum absolute atomic E-state index is 13.9. The minimum absolute atomic E-state index is 0.0739. The highest BCUT2D eigenvalue weighted by Crippen LogP contribution is 2.52. The molecule has 212 valence electrons. The highest BCUT2D eigenvalue weighted by Gasteiger charge is 2.53. The van der Waals surface area contributed by atoms with Gasteiger partial charge in [0, 0.05) is 29.3 Å². The van der Waals surface area contributed by atoms with E-state index in [0.29, 0.717) is 42.0 Å². The molecule has 2 aliphatic carbocycles. The second kappa shape index (κ2) is 10.9. The molecule has 5 rings (SSSR count). The van der Waals surface area contributed by atoms with E-state index in [1.807, 2.05) is 88.4 Å². The van der Waals surface area contributed by atoms with E-state index in [0.717, 1.165) is 16.3 Å². The van der Waals surface area contributed by atoms with Gasteiger partial charge in [-0.2, -0.15) is 0 Å². The van der Waals surface area contributed by atoms with Crippen molar-refractivity contribution in [3.63, 3.8) is 0 Å². The number of rotatable bonds is 6. The average Bonchev–Trinajstić information content (AvgIpc) is 2.85. The molecule has 2 saturated carbocycles. The molecule has 0 amide bonds. The van der Waals surface area contributed by atoms with E-state index in [4.69, 9.17) is 16.3 Å². The van der Waals surface area contributed by atoms with Crippen LogP contribution in [0.1, 0.15) is 70.4 Å². The van der Waals surface area contributed by atoms with Crippen molar-refractivity contribution in [2.75, 3.05) is 0 Å². The second-order valence-electron chi connectivity index (χ2n) is 13.3. The molecule has 2 fully saturated rings. The summed E-state index contributed by atoms with van der Waals surface area (Å²) in [7, 11) is 0. The van der Waals surface area contributed by atoms with Crippen molar-refractivity contribution < 1.29 is 24.5 Å². The Labute approximate surface area is 241 Å². The van der Waals surface area contributed by atoms with Crippen LogP contribution in [-0.4, -0.2) is 34.0 Å². The van der Waals surface area contributed by atoms with Gasteiger partial charge in [-0.15, -0.1) is 0 Å². The largest absolute Gasteiger partial charge is 0.489 e. The molecule has 0 bridgehead atoms. The summed E-state index contributed by atoms with van der Waals surface area (Å²) < 4.78 is 6.43. The van der Waals surface area contributed by atoms with Crippen LogP contribution in [-0.2, 0) is 16.2 Å². The van der Waals surface area contributed by atoms with Gasteiger partial charge in [0.1, 0.15) is 23.9 Å². The van der Waals surface area contributed by atoms with Crippen molar-refractivity contribution >= 4 is 33.9 Å². The monoisotopic (exact) mass is 562 g/mol. The molecule has 0 saturated heterocycles. The van der Waals surface area contributed by atoms with Crippen LogP contribution in [0.25, 0.3) is 10.8 Å². The quantitative estimate of drug-likeness (QED) is 0.342. The van der Waals surface area contributed by atoms with Gasteiger partial charge in [0.15, 0.2) is 0 Å². The minimum atomic E-state index is -0.945. The van der Waals surface area contributed by atoms with Gasteiger partial charge in [0.05, 0.1) is 24.0 Å². The molecule has 1 unspecified atom stereocenters. The topological polar surface area (TPSA) is 83.8 Å². The lowest BCUT2D eigenvalue weighted by Crippen LogP contribution is -2.51. The lowest BCUT2D eigenvalue weighted by atomic mass is 9.58. The standard InChI is InChI=1S/C34H39ClO5/c1-33(2)15-24(36)30(25(37)16-33)32(31-26(38)17-34(3,4)18-27(31)39)29-23-8-6-5-7-21(23)11-14-28(29)40-19-20-9-12-22(35)13-10-20/h5-14,24,26,30-32,36,38H,15-19H2,1-4H3/t24-,26+,30+,31-,32?. The molecule has 5 atom stereocenters. The number of hydrogen-bond acceptors (Lipinski definition) is 5. The fourth-order valence-corrected chi connectivity index (χ4v) is 7.21. The second-order valence-corrected chi connectivity index (χ2v) is 13.8. The fourth-order valence-electron chi connectivity index (χ4n) is 7.09. The van der Waals surface area contributed by atoms with E-state index >= 15 is 0 Å². The fraction of sp³-hybridized carbons (Fsp3) is 0.471. The summed E-state index contributed by atoms with van der Waals surface area (Å²) >= 11 is 6.08. The molecule has 5 nitrogen and oxygen atoms in total. The number of halogens is 1. The van der Waals surface area contributed by atoms with Crippen molar-refractivity contribution in [2.24, 2.45) is 22.7 Å². The van der Waals surface area contributed by atoms with Crippen LogP contribution in [0, 0.1) is 22.7 Å². The summed E-state index contributed by atoms with van der Waals surface area (Å²) in [4.78, 5) is 27.7. The lowest BCUT2D eigenvalue weighted by Gasteiger charge is -2.47. The molecule has 40 heavy (non-hydrogen) atoms. The summed E-state index contributed by atoms with van der Waals surface area (Å²) in [5.41, 5.74) is 0.940. The number of hydrogen-bond donors (Lipinski definition) is 2. The van der Waals surface area contributed by atoms with Gasteiger partial charge in [-0.1, -0.05) is 81.8 Å². The van der Waals surface area contributed by atoms with Crippen LogP contribution in [0.4, 0.5) is 0 Å². The molecule has 0 aromatic heterocycles. The van der Waals surface area contributed by atoms with Crippen molar-refractivity contribution in [2.45, 2.75) is 78.1 Å². The maximum Gasteiger partial charge on any atom is 0.139 e. The van der Waals surface area contributed by atoms with Gasteiger partial charge in [-0.25, -0.2) is 0 Å². The van der Waals surface area contributed by atoms with E-state index in [-0.39, 0.29) is 29.0 Å². The van der Waals surface area contributed by atoms with Gasteiger partial charge < -0.3 is 14.9 Å². The molecule has 6 heteroatoms. The van der Waals surface area contributed by atoms with E-state index < -0.39 is 30.0 Å².